The number of halogens is 1. The molecule has 0 aliphatic heterocycles. The number of anilines is 1. The molecule has 4 N–H and O–H groups in total. The van der Waals surface area contributed by atoms with Gasteiger partial charge in [0.15, 0.2) is 0 Å². The molecule has 0 radical (unpaired) electrons. The highest BCUT2D eigenvalue weighted by molar-refractivity contribution is 6.37. The fraction of sp³-hybridized carbons (Fsp3) is 0.267. The Hall–Kier alpha value is -2.52. The fourth-order valence-corrected chi connectivity index (χ4v) is 2.26. The van der Waals surface area contributed by atoms with Crippen molar-refractivity contribution in [3.63, 3.8) is 0 Å². The van der Waals surface area contributed by atoms with Crippen molar-refractivity contribution in [2.45, 2.75) is 19.4 Å². The molecule has 0 unspecified atom stereocenters. The summed E-state index contributed by atoms with van der Waals surface area (Å²) in [4.78, 5) is 7.32. The van der Waals surface area contributed by atoms with Gasteiger partial charge in [-0.05, 0) is 13.8 Å². The molecule has 2 aromatic heterocycles. The molecule has 0 spiro atoms. The predicted molar refractivity (Wildman–Crippen MR) is 90.2 cm³/mol. The second-order valence-corrected chi connectivity index (χ2v) is 5.69. The Morgan fingerprint density at radius 2 is 2.27 bits per heavy atom. The van der Waals surface area contributed by atoms with Crippen LogP contribution in [0.2, 0.25) is 5.02 Å². The van der Waals surface area contributed by atoms with Crippen LogP contribution in [0.1, 0.15) is 19.4 Å². The van der Waals surface area contributed by atoms with Crippen LogP contribution in [0, 0.1) is 16.7 Å². The first-order valence-electron chi connectivity index (χ1n) is 6.67. The Labute approximate surface area is 133 Å². The average Bonchev–Trinajstić information content (AvgIpc) is 2.89. The van der Waals surface area contributed by atoms with Crippen molar-refractivity contribution < 1.29 is 0 Å². The van der Waals surface area contributed by atoms with E-state index in [1.54, 1.807) is 39.5 Å². The zero-order valence-electron chi connectivity index (χ0n) is 12.6. The zero-order valence-corrected chi connectivity index (χ0v) is 13.3. The summed E-state index contributed by atoms with van der Waals surface area (Å²) in [6.07, 6.45) is 6.19. The van der Waals surface area contributed by atoms with E-state index in [-0.39, 0.29) is 0 Å². The van der Waals surface area contributed by atoms with E-state index >= 15 is 0 Å². The van der Waals surface area contributed by atoms with Crippen LogP contribution in [0.5, 0.6) is 0 Å². The Morgan fingerprint density at radius 3 is 2.86 bits per heavy atom. The van der Waals surface area contributed by atoms with Crippen molar-refractivity contribution in [2.24, 2.45) is 0 Å². The standard InChI is InChI=1S/C15H17ClN6/c1-15(2,8-18)22-5-9(4-17)10-6-20-14-12(13(10)19-3)11(16)7-21-14/h4-7,17,22H,1-3H3,(H2,19,20,21)/b9-5+,17-4?. The van der Waals surface area contributed by atoms with Gasteiger partial charge in [-0.1, -0.05) is 11.6 Å². The lowest BCUT2D eigenvalue weighted by molar-refractivity contribution is 0.568. The number of nitrogens with one attached hydrogen (secondary N) is 4. The smallest absolute Gasteiger partial charge is 0.140 e. The highest BCUT2D eigenvalue weighted by Crippen LogP contribution is 2.34. The molecule has 22 heavy (non-hydrogen) atoms. The van der Waals surface area contributed by atoms with Crippen LogP contribution in [-0.2, 0) is 0 Å². The minimum absolute atomic E-state index is 0.559. The third kappa shape index (κ3) is 2.90. The SMILES string of the molecule is CNc1c(/C(C=N)=C/NC(C)(C)C#N)cnc2[nH]cc(Cl)c12. The summed E-state index contributed by atoms with van der Waals surface area (Å²) in [7, 11) is 1.79. The Kier molecular flexibility index (Phi) is 4.38. The van der Waals surface area contributed by atoms with E-state index in [0.717, 1.165) is 16.6 Å². The first kappa shape index (κ1) is 15.9. The van der Waals surface area contributed by atoms with Gasteiger partial charge in [0.25, 0.3) is 0 Å². The van der Waals surface area contributed by atoms with Crippen molar-refractivity contribution in [1.82, 2.24) is 15.3 Å². The number of aromatic nitrogens is 2. The molecule has 0 aromatic carbocycles. The predicted octanol–water partition coefficient (Wildman–Crippen LogP) is 3.14. The maximum absolute atomic E-state index is 9.06. The first-order chi connectivity index (χ1) is 10.4. The molecule has 0 saturated carbocycles. The normalized spacial score (nSPS) is 12.0. The maximum atomic E-state index is 9.06. The molecule has 2 rings (SSSR count). The molecule has 114 valence electrons. The van der Waals surface area contributed by atoms with E-state index < -0.39 is 5.54 Å². The second kappa shape index (κ2) is 6.08. The molecule has 0 bridgehead atoms. The summed E-state index contributed by atoms with van der Waals surface area (Å²) < 4.78 is 0. The maximum Gasteiger partial charge on any atom is 0.140 e. The summed E-state index contributed by atoms with van der Waals surface area (Å²) in [5.74, 6) is 0. The number of aromatic amines is 1. The number of H-pyrrole nitrogens is 1. The molecule has 2 heterocycles. The topological polar surface area (TPSA) is 100 Å². The molecule has 7 heteroatoms. The van der Waals surface area contributed by atoms with Gasteiger partial charge in [0.1, 0.15) is 11.2 Å². The second-order valence-electron chi connectivity index (χ2n) is 5.28. The molecule has 0 aliphatic carbocycles. The van der Waals surface area contributed by atoms with Crippen LogP contribution < -0.4 is 10.6 Å². The largest absolute Gasteiger partial charge is 0.387 e. The van der Waals surface area contributed by atoms with Crippen LogP contribution in [0.15, 0.2) is 18.6 Å². The van der Waals surface area contributed by atoms with Gasteiger partial charge >= 0.3 is 0 Å². The number of rotatable bonds is 5. The van der Waals surface area contributed by atoms with Crippen molar-refractivity contribution in [2.75, 3.05) is 12.4 Å². The van der Waals surface area contributed by atoms with Crippen molar-refractivity contribution >= 4 is 40.1 Å². The molecule has 0 saturated heterocycles. The van der Waals surface area contributed by atoms with Gasteiger partial charge in [-0.15, -0.1) is 0 Å². The van der Waals surface area contributed by atoms with Gasteiger partial charge in [-0.2, -0.15) is 5.26 Å². The molecule has 0 amide bonds. The van der Waals surface area contributed by atoms with Gasteiger partial charge < -0.3 is 21.0 Å². The van der Waals surface area contributed by atoms with Crippen LogP contribution in [0.4, 0.5) is 5.69 Å². The zero-order chi connectivity index (χ0) is 16.3. The van der Waals surface area contributed by atoms with Gasteiger partial charge in [-0.25, -0.2) is 4.98 Å². The third-order valence-corrected chi connectivity index (χ3v) is 3.54. The van der Waals surface area contributed by atoms with Gasteiger partial charge in [0, 0.05) is 43.0 Å². The minimum Gasteiger partial charge on any atom is -0.387 e. The Balaban J connectivity index is 2.57. The Bertz CT molecular complexity index is 781. The monoisotopic (exact) mass is 316 g/mol. The summed E-state index contributed by atoms with van der Waals surface area (Å²) in [5, 5.41) is 24.1. The molecule has 0 fully saturated rings. The van der Waals surface area contributed by atoms with E-state index in [1.165, 1.54) is 6.21 Å². The van der Waals surface area contributed by atoms with Gasteiger partial charge in [0.05, 0.1) is 22.2 Å². The van der Waals surface area contributed by atoms with Crippen LogP contribution in [-0.4, -0.2) is 28.8 Å². The fourth-order valence-electron chi connectivity index (χ4n) is 2.02. The van der Waals surface area contributed by atoms with E-state index in [4.69, 9.17) is 22.3 Å². The summed E-state index contributed by atoms with van der Waals surface area (Å²) in [6, 6.07) is 2.15. The molecule has 2 aromatic rings. The highest BCUT2D eigenvalue weighted by atomic mass is 35.5. The third-order valence-electron chi connectivity index (χ3n) is 3.24. The lowest BCUT2D eigenvalue weighted by Crippen LogP contribution is -2.33. The van der Waals surface area contributed by atoms with E-state index in [0.29, 0.717) is 16.2 Å². The summed E-state index contributed by atoms with van der Waals surface area (Å²) >= 11 is 6.20. The molecule has 0 atom stereocenters. The summed E-state index contributed by atoms with van der Waals surface area (Å²) in [5.41, 5.74) is 2.06. The van der Waals surface area contributed by atoms with Crippen LogP contribution >= 0.6 is 11.6 Å². The first-order valence-corrected chi connectivity index (χ1v) is 7.04. The van der Waals surface area contributed by atoms with Crippen molar-refractivity contribution in [3.05, 3.63) is 29.2 Å². The van der Waals surface area contributed by atoms with E-state index in [2.05, 4.69) is 26.7 Å². The van der Waals surface area contributed by atoms with Gasteiger partial charge in [-0.3, -0.25) is 0 Å². The Morgan fingerprint density at radius 1 is 1.55 bits per heavy atom. The number of nitriles is 1. The number of fused-ring (bicyclic) bond motifs is 1. The molecule has 0 aliphatic rings. The van der Waals surface area contributed by atoms with Crippen LogP contribution in [0.3, 0.4) is 0 Å². The lowest BCUT2D eigenvalue weighted by atomic mass is 10.0. The van der Waals surface area contributed by atoms with Crippen LogP contribution in [0.25, 0.3) is 16.6 Å². The molecule has 6 nitrogen and oxygen atoms in total. The summed E-state index contributed by atoms with van der Waals surface area (Å²) in [6.45, 7) is 3.52. The number of hydrogen-bond donors (Lipinski definition) is 4. The molecular formula is C15H17ClN6. The average molecular weight is 317 g/mol. The van der Waals surface area contributed by atoms with E-state index in [1.807, 2.05) is 0 Å². The van der Waals surface area contributed by atoms with Crippen molar-refractivity contribution in [3.8, 4) is 6.07 Å². The van der Waals surface area contributed by atoms with Crippen molar-refractivity contribution in [1.29, 1.82) is 10.7 Å². The number of pyridine rings is 1. The van der Waals surface area contributed by atoms with E-state index in [9.17, 15) is 0 Å². The highest BCUT2D eigenvalue weighted by Gasteiger charge is 2.17. The number of nitrogens with zero attached hydrogens (tertiary/aromatic N) is 2. The molecular weight excluding hydrogens is 300 g/mol. The quantitative estimate of drug-likeness (QED) is 0.636. The lowest BCUT2D eigenvalue weighted by Gasteiger charge is -2.17. The van der Waals surface area contributed by atoms with Gasteiger partial charge in [0.2, 0.25) is 0 Å². The minimum atomic E-state index is -0.725. The number of hydrogen-bond acceptors (Lipinski definition) is 5. The number of allylic oxidation sites excluding steroid dienone is 1.